The van der Waals surface area contributed by atoms with Crippen molar-refractivity contribution < 1.29 is 24.3 Å². The summed E-state index contributed by atoms with van der Waals surface area (Å²) in [7, 11) is 1.71. The standard InChI is InChI=1S/C28H44N10O5S/c1-38-18(16-34-28(38)44)15-21(36-23(39)19(30)10-7-13-33-27(31)32)25(41)35-20(11-5-6-12-29)24(40)37-22(26(42)43)14-17-8-3-2-4-9-17/h2-4,8-9,16,19-22H,5-7,10-15,29-30H2,1H3,(H,34,44)(H,35,41)(H,36,39)(H,37,40)(H,42,43)(H4,31,32,33)/t19?,20-,21-,22-/m0/s1. The van der Waals surface area contributed by atoms with E-state index in [1.54, 1.807) is 48.1 Å². The van der Waals surface area contributed by atoms with Gasteiger partial charge in [0.05, 0.1) is 6.04 Å². The second kappa shape index (κ2) is 18.4. The number of benzene rings is 1. The molecule has 0 saturated carbocycles. The Labute approximate surface area is 261 Å². The number of carbonyl (C=O) groups is 4. The number of unbranched alkanes of at least 4 members (excludes halogenated alkanes) is 1. The summed E-state index contributed by atoms with van der Waals surface area (Å²) in [6.45, 7) is 0.724. The molecule has 15 nitrogen and oxygen atoms in total. The van der Waals surface area contributed by atoms with Crippen molar-refractivity contribution in [2.75, 3.05) is 13.1 Å². The van der Waals surface area contributed by atoms with Crippen LogP contribution in [-0.2, 0) is 39.1 Å². The predicted molar refractivity (Wildman–Crippen MR) is 168 cm³/mol. The molecule has 2 aromatic rings. The second-order valence-electron chi connectivity index (χ2n) is 10.4. The largest absolute Gasteiger partial charge is 0.480 e. The summed E-state index contributed by atoms with van der Waals surface area (Å²) in [6, 6.07) is 4.46. The molecule has 242 valence electrons. The first-order chi connectivity index (χ1) is 20.9. The molecule has 0 spiro atoms. The summed E-state index contributed by atoms with van der Waals surface area (Å²) >= 11 is 5.23. The van der Waals surface area contributed by atoms with Crippen LogP contribution in [0.5, 0.6) is 0 Å². The number of carboxylic acids is 1. The van der Waals surface area contributed by atoms with E-state index in [1.807, 2.05) is 0 Å². The zero-order valence-electron chi connectivity index (χ0n) is 24.8. The van der Waals surface area contributed by atoms with Crippen LogP contribution in [0.4, 0.5) is 0 Å². The van der Waals surface area contributed by atoms with Crippen LogP contribution in [0.2, 0.25) is 0 Å². The normalized spacial score (nSPS) is 13.6. The molecule has 13 N–H and O–H groups in total. The number of nitrogens with two attached hydrogens (primary N) is 3. The number of rotatable bonds is 19. The highest BCUT2D eigenvalue weighted by Crippen LogP contribution is 2.09. The van der Waals surface area contributed by atoms with Gasteiger partial charge in [-0.3, -0.25) is 19.8 Å². The lowest BCUT2D eigenvalue weighted by atomic mass is 10.0. The molecule has 1 heterocycles. The fourth-order valence-electron chi connectivity index (χ4n) is 4.39. The predicted octanol–water partition coefficient (Wildman–Crippen LogP) is -0.874. The first-order valence-corrected chi connectivity index (χ1v) is 14.8. The minimum absolute atomic E-state index is 0.0305. The summed E-state index contributed by atoms with van der Waals surface area (Å²) < 4.78 is 2.07. The molecule has 1 unspecified atom stereocenters. The van der Waals surface area contributed by atoms with Crippen LogP contribution >= 0.6 is 12.2 Å². The molecule has 0 saturated heterocycles. The van der Waals surface area contributed by atoms with Gasteiger partial charge in [-0.1, -0.05) is 30.3 Å². The molecule has 0 aliphatic rings. The Morgan fingerprint density at radius 1 is 0.955 bits per heavy atom. The van der Waals surface area contributed by atoms with Crippen LogP contribution in [0, 0.1) is 10.2 Å². The van der Waals surface area contributed by atoms with Gasteiger partial charge in [-0.25, -0.2) is 4.79 Å². The van der Waals surface area contributed by atoms with Gasteiger partial charge in [0.1, 0.15) is 18.1 Å². The third-order valence-electron chi connectivity index (χ3n) is 6.97. The number of nitrogens with one attached hydrogen (secondary N) is 6. The van der Waals surface area contributed by atoms with E-state index in [1.165, 1.54) is 0 Å². The molecular weight excluding hydrogens is 588 g/mol. The Morgan fingerprint density at radius 3 is 2.18 bits per heavy atom. The average Bonchev–Trinajstić information content (AvgIpc) is 3.30. The number of amides is 3. The average molecular weight is 633 g/mol. The van der Waals surface area contributed by atoms with Gasteiger partial charge in [-0.15, -0.1) is 0 Å². The van der Waals surface area contributed by atoms with E-state index in [0.717, 1.165) is 5.56 Å². The van der Waals surface area contributed by atoms with Gasteiger partial charge in [0.25, 0.3) is 0 Å². The maximum atomic E-state index is 13.6. The summed E-state index contributed by atoms with van der Waals surface area (Å²) in [4.78, 5) is 54.9. The third kappa shape index (κ3) is 12.1. The molecule has 2 rings (SSSR count). The van der Waals surface area contributed by atoms with Gasteiger partial charge >= 0.3 is 5.97 Å². The zero-order chi connectivity index (χ0) is 32.6. The van der Waals surface area contributed by atoms with Gasteiger partial charge in [0.2, 0.25) is 17.7 Å². The summed E-state index contributed by atoms with van der Waals surface area (Å²) in [5, 5.41) is 27.6. The molecule has 44 heavy (non-hydrogen) atoms. The van der Waals surface area contributed by atoms with Crippen LogP contribution < -0.4 is 38.5 Å². The van der Waals surface area contributed by atoms with Crippen molar-refractivity contribution in [2.24, 2.45) is 24.2 Å². The monoisotopic (exact) mass is 632 g/mol. The van der Waals surface area contributed by atoms with E-state index < -0.39 is 47.9 Å². The number of imidazole rings is 1. The van der Waals surface area contributed by atoms with E-state index in [0.29, 0.717) is 42.8 Å². The first kappa shape index (κ1) is 35.9. The van der Waals surface area contributed by atoms with Crippen LogP contribution in [-0.4, -0.2) is 81.6 Å². The lowest BCUT2D eigenvalue weighted by Gasteiger charge is -2.25. The molecule has 0 fully saturated rings. The Balaban J connectivity index is 2.22. The van der Waals surface area contributed by atoms with Crippen molar-refractivity contribution in [2.45, 2.75) is 69.1 Å². The Morgan fingerprint density at radius 2 is 1.59 bits per heavy atom. The fourth-order valence-corrected chi connectivity index (χ4v) is 4.57. The number of carboxylic acid groups (broad SMARTS) is 1. The van der Waals surface area contributed by atoms with Crippen molar-refractivity contribution in [3.63, 3.8) is 0 Å². The molecule has 1 aromatic heterocycles. The highest BCUT2D eigenvalue weighted by molar-refractivity contribution is 7.71. The van der Waals surface area contributed by atoms with Crippen molar-refractivity contribution in [3.05, 3.63) is 52.6 Å². The Kier molecular flexibility index (Phi) is 15.0. The van der Waals surface area contributed by atoms with Gasteiger partial charge in [0, 0.05) is 38.3 Å². The van der Waals surface area contributed by atoms with E-state index in [4.69, 9.17) is 34.8 Å². The fraction of sp³-hybridized carbons (Fsp3) is 0.500. The number of aromatic amines is 1. The van der Waals surface area contributed by atoms with E-state index in [-0.39, 0.29) is 31.6 Å². The van der Waals surface area contributed by atoms with Gasteiger partial charge in [-0.05, 0) is 56.4 Å². The Bertz CT molecular complexity index is 1320. The van der Waals surface area contributed by atoms with Crippen LogP contribution in [0.3, 0.4) is 0 Å². The number of aliphatic carboxylic acids is 1. The van der Waals surface area contributed by atoms with Gasteiger partial charge in [0.15, 0.2) is 10.7 Å². The van der Waals surface area contributed by atoms with Crippen molar-refractivity contribution in [1.29, 1.82) is 5.41 Å². The zero-order valence-corrected chi connectivity index (χ0v) is 25.6. The van der Waals surface area contributed by atoms with Gasteiger partial charge in [-0.2, -0.15) is 0 Å². The minimum Gasteiger partial charge on any atom is -0.480 e. The lowest BCUT2D eigenvalue weighted by Crippen LogP contribution is -2.57. The lowest BCUT2D eigenvalue weighted by molar-refractivity contribution is -0.142. The molecule has 1 aromatic carbocycles. The molecule has 0 bridgehead atoms. The van der Waals surface area contributed by atoms with Crippen molar-refractivity contribution in [3.8, 4) is 0 Å². The molecular formula is C28H44N10O5S. The van der Waals surface area contributed by atoms with Crippen molar-refractivity contribution in [1.82, 2.24) is 30.8 Å². The number of nitrogens with zero attached hydrogens (tertiary/aromatic N) is 1. The topological polar surface area (TPSA) is 259 Å². The number of hydrogen-bond donors (Lipinski definition) is 10. The summed E-state index contributed by atoms with van der Waals surface area (Å²) in [6.07, 6.45) is 3.69. The number of aromatic nitrogens is 2. The SMILES string of the molecule is Cn1c(C[C@H](NC(=O)C(N)CCCNC(=N)N)C(=O)N[C@@H](CCCCN)C(=O)N[C@@H](Cc2ccccc2)C(=O)O)c[nH]c1=S. The molecule has 0 aliphatic carbocycles. The number of H-pyrrole nitrogens is 1. The third-order valence-corrected chi connectivity index (χ3v) is 7.36. The number of carbonyl (C=O) groups excluding carboxylic acids is 3. The van der Waals surface area contributed by atoms with Crippen molar-refractivity contribution >= 4 is 41.9 Å². The minimum atomic E-state index is -1.23. The molecule has 4 atom stereocenters. The maximum absolute atomic E-state index is 13.6. The molecule has 0 aliphatic heterocycles. The van der Waals surface area contributed by atoms with E-state index in [9.17, 15) is 24.3 Å². The van der Waals surface area contributed by atoms with Crippen LogP contribution in [0.25, 0.3) is 0 Å². The van der Waals surface area contributed by atoms with Gasteiger partial charge < -0.3 is 53.1 Å². The van der Waals surface area contributed by atoms with Crippen LogP contribution in [0.1, 0.15) is 43.4 Å². The van der Waals surface area contributed by atoms with Crippen LogP contribution in [0.15, 0.2) is 36.5 Å². The number of guanidine groups is 1. The van der Waals surface area contributed by atoms with E-state index >= 15 is 0 Å². The first-order valence-electron chi connectivity index (χ1n) is 14.4. The molecule has 3 amide bonds. The maximum Gasteiger partial charge on any atom is 0.326 e. The molecule has 16 heteroatoms. The highest BCUT2D eigenvalue weighted by atomic mass is 32.1. The summed E-state index contributed by atoms with van der Waals surface area (Å²) in [5.41, 5.74) is 18.3. The van der Waals surface area contributed by atoms with E-state index in [2.05, 4.69) is 26.3 Å². The second-order valence-corrected chi connectivity index (χ2v) is 10.8. The molecule has 0 radical (unpaired) electrons. The highest BCUT2D eigenvalue weighted by Gasteiger charge is 2.31. The smallest absolute Gasteiger partial charge is 0.326 e. The Hall–Kier alpha value is -4.28. The number of hydrogen-bond acceptors (Lipinski definition) is 8. The quantitative estimate of drug-likeness (QED) is 0.0396. The summed E-state index contributed by atoms with van der Waals surface area (Å²) in [5.74, 6) is -3.31.